The van der Waals surface area contributed by atoms with E-state index in [0.29, 0.717) is 24.5 Å². The van der Waals surface area contributed by atoms with Crippen LogP contribution in [0.3, 0.4) is 0 Å². The van der Waals surface area contributed by atoms with E-state index in [0.717, 1.165) is 26.2 Å². The van der Waals surface area contributed by atoms with Crippen LogP contribution in [-0.2, 0) is 4.74 Å². The SMILES string of the molecule is CC1CN(c2nc(NN)nc(N3CCCC3)n2)CCO1. The molecule has 1 aromatic rings. The number of nitrogens with one attached hydrogen (secondary N) is 1. The highest BCUT2D eigenvalue weighted by atomic mass is 16.5. The Labute approximate surface area is 118 Å². The van der Waals surface area contributed by atoms with Crippen LogP contribution >= 0.6 is 0 Å². The minimum absolute atomic E-state index is 0.185. The first-order valence-electron chi connectivity index (χ1n) is 7.10. The molecule has 0 spiro atoms. The summed E-state index contributed by atoms with van der Waals surface area (Å²) in [6.45, 7) is 6.30. The lowest BCUT2D eigenvalue weighted by molar-refractivity contribution is 0.0526. The Morgan fingerprint density at radius 1 is 1.10 bits per heavy atom. The predicted molar refractivity (Wildman–Crippen MR) is 76.7 cm³/mol. The Morgan fingerprint density at radius 3 is 2.45 bits per heavy atom. The van der Waals surface area contributed by atoms with E-state index in [1.54, 1.807) is 0 Å². The van der Waals surface area contributed by atoms with Gasteiger partial charge in [-0.3, -0.25) is 5.43 Å². The summed E-state index contributed by atoms with van der Waals surface area (Å²) in [7, 11) is 0. The maximum absolute atomic E-state index is 5.55. The molecular weight excluding hydrogens is 258 g/mol. The van der Waals surface area contributed by atoms with Crippen LogP contribution in [0.5, 0.6) is 0 Å². The average molecular weight is 279 g/mol. The van der Waals surface area contributed by atoms with Gasteiger partial charge in [-0.2, -0.15) is 15.0 Å². The highest BCUT2D eigenvalue weighted by molar-refractivity contribution is 5.45. The minimum Gasteiger partial charge on any atom is -0.375 e. The van der Waals surface area contributed by atoms with Crippen molar-refractivity contribution < 1.29 is 4.74 Å². The Bertz CT molecular complexity index is 463. The first-order valence-corrected chi connectivity index (χ1v) is 7.10. The van der Waals surface area contributed by atoms with E-state index < -0.39 is 0 Å². The van der Waals surface area contributed by atoms with E-state index in [2.05, 4.69) is 37.1 Å². The van der Waals surface area contributed by atoms with Crippen LogP contribution in [0, 0.1) is 0 Å². The van der Waals surface area contributed by atoms with Crippen molar-refractivity contribution in [1.29, 1.82) is 0 Å². The van der Waals surface area contributed by atoms with E-state index >= 15 is 0 Å². The maximum atomic E-state index is 5.55. The summed E-state index contributed by atoms with van der Waals surface area (Å²) in [6, 6.07) is 0. The third-order valence-corrected chi connectivity index (χ3v) is 3.65. The van der Waals surface area contributed by atoms with Gasteiger partial charge in [0.1, 0.15) is 0 Å². The molecule has 2 aliphatic heterocycles. The first kappa shape index (κ1) is 13.3. The lowest BCUT2D eigenvalue weighted by Crippen LogP contribution is -2.42. The van der Waals surface area contributed by atoms with Crippen molar-refractivity contribution in [3.8, 4) is 0 Å². The molecule has 1 unspecified atom stereocenters. The standard InChI is InChI=1S/C12H21N7O/c1-9-8-19(6-7-20-9)12-15-10(17-13)14-11(16-12)18-4-2-3-5-18/h9H,2-8,13H2,1H3,(H,14,15,16,17). The molecule has 2 saturated heterocycles. The highest BCUT2D eigenvalue weighted by Gasteiger charge is 2.23. The Hall–Kier alpha value is -1.67. The van der Waals surface area contributed by atoms with Crippen molar-refractivity contribution >= 4 is 17.8 Å². The van der Waals surface area contributed by atoms with Crippen molar-refractivity contribution in [1.82, 2.24) is 15.0 Å². The van der Waals surface area contributed by atoms with E-state index in [1.807, 2.05) is 0 Å². The summed E-state index contributed by atoms with van der Waals surface area (Å²) in [5, 5.41) is 0. The summed E-state index contributed by atoms with van der Waals surface area (Å²) in [6.07, 6.45) is 2.55. The first-order chi connectivity index (χ1) is 9.76. The Balaban J connectivity index is 1.87. The zero-order valence-corrected chi connectivity index (χ0v) is 11.7. The molecule has 8 nitrogen and oxygen atoms in total. The molecule has 0 radical (unpaired) electrons. The van der Waals surface area contributed by atoms with Gasteiger partial charge < -0.3 is 14.5 Å². The maximum Gasteiger partial charge on any atom is 0.243 e. The average Bonchev–Trinajstić information content (AvgIpc) is 3.01. The molecule has 8 heteroatoms. The summed E-state index contributed by atoms with van der Waals surface area (Å²) < 4.78 is 5.55. The number of aromatic nitrogens is 3. The second-order valence-electron chi connectivity index (χ2n) is 5.22. The van der Waals surface area contributed by atoms with Gasteiger partial charge in [0.2, 0.25) is 17.8 Å². The number of rotatable bonds is 3. The van der Waals surface area contributed by atoms with Crippen LogP contribution < -0.4 is 21.1 Å². The van der Waals surface area contributed by atoms with Crippen molar-refractivity contribution in [3.05, 3.63) is 0 Å². The van der Waals surface area contributed by atoms with Crippen molar-refractivity contribution in [2.75, 3.05) is 48.0 Å². The molecule has 0 aliphatic carbocycles. The van der Waals surface area contributed by atoms with Gasteiger partial charge in [-0.05, 0) is 19.8 Å². The summed E-state index contributed by atoms with van der Waals surface area (Å²) in [5.74, 6) is 7.27. The lowest BCUT2D eigenvalue weighted by atomic mass is 10.3. The van der Waals surface area contributed by atoms with Crippen LogP contribution in [0.2, 0.25) is 0 Å². The molecule has 1 aromatic heterocycles. The molecule has 0 bridgehead atoms. The number of nitrogen functional groups attached to an aromatic ring is 1. The number of hydrazine groups is 1. The van der Waals surface area contributed by atoms with Crippen molar-refractivity contribution in [2.45, 2.75) is 25.9 Å². The van der Waals surface area contributed by atoms with Crippen molar-refractivity contribution in [3.63, 3.8) is 0 Å². The fraction of sp³-hybridized carbons (Fsp3) is 0.750. The molecule has 2 fully saturated rings. The summed E-state index contributed by atoms with van der Waals surface area (Å²) in [4.78, 5) is 17.6. The largest absolute Gasteiger partial charge is 0.375 e. The highest BCUT2D eigenvalue weighted by Crippen LogP contribution is 2.21. The topological polar surface area (TPSA) is 92.4 Å². The van der Waals surface area contributed by atoms with Crippen molar-refractivity contribution in [2.24, 2.45) is 5.84 Å². The molecule has 0 saturated carbocycles. The van der Waals surface area contributed by atoms with Gasteiger partial charge in [0.15, 0.2) is 0 Å². The molecule has 3 heterocycles. The van der Waals surface area contributed by atoms with Gasteiger partial charge in [-0.25, -0.2) is 5.84 Å². The number of hydrogen-bond acceptors (Lipinski definition) is 8. The molecular formula is C12H21N7O. The van der Waals surface area contributed by atoms with Gasteiger partial charge in [0.05, 0.1) is 12.7 Å². The number of ether oxygens (including phenoxy) is 1. The molecule has 110 valence electrons. The normalized spacial score (nSPS) is 23.2. The monoisotopic (exact) mass is 279 g/mol. The van der Waals surface area contributed by atoms with Gasteiger partial charge >= 0.3 is 0 Å². The third-order valence-electron chi connectivity index (χ3n) is 3.65. The van der Waals surface area contributed by atoms with Gasteiger partial charge in [0, 0.05) is 26.2 Å². The van der Waals surface area contributed by atoms with Gasteiger partial charge in [-0.15, -0.1) is 0 Å². The number of morpholine rings is 1. The van der Waals surface area contributed by atoms with Crippen LogP contribution in [0.1, 0.15) is 19.8 Å². The number of nitrogens with two attached hydrogens (primary N) is 1. The third kappa shape index (κ3) is 2.75. The fourth-order valence-corrected chi connectivity index (χ4v) is 2.62. The fourth-order valence-electron chi connectivity index (χ4n) is 2.62. The minimum atomic E-state index is 0.185. The van der Waals surface area contributed by atoms with E-state index in [9.17, 15) is 0 Å². The smallest absolute Gasteiger partial charge is 0.243 e. The summed E-state index contributed by atoms with van der Waals surface area (Å²) >= 11 is 0. The second-order valence-corrected chi connectivity index (χ2v) is 5.22. The Kier molecular flexibility index (Phi) is 3.83. The Morgan fingerprint density at radius 2 is 1.80 bits per heavy atom. The zero-order valence-electron chi connectivity index (χ0n) is 11.7. The van der Waals surface area contributed by atoms with Crippen LogP contribution in [0.4, 0.5) is 17.8 Å². The zero-order chi connectivity index (χ0) is 13.9. The quantitative estimate of drug-likeness (QED) is 0.589. The van der Waals surface area contributed by atoms with Crippen LogP contribution in [0.15, 0.2) is 0 Å². The van der Waals surface area contributed by atoms with E-state index in [4.69, 9.17) is 10.6 Å². The van der Waals surface area contributed by atoms with Gasteiger partial charge in [-0.1, -0.05) is 0 Å². The number of hydrogen-bond donors (Lipinski definition) is 2. The molecule has 0 amide bonds. The number of nitrogens with zero attached hydrogens (tertiary/aromatic N) is 5. The summed E-state index contributed by atoms with van der Waals surface area (Å²) in [5.41, 5.74) is 2.53. The van der Waals surface area contributed by atoms with Crippen LogP contribution in [0.25, 0.3) is 0 Å². The lowest BCUT2D eigenvalue weighted by Gasteiger charge is -2.31. The molecule has 20 heavy (non-hydrogen) atoms. The number of anilines is 3. The molecule has 2 aliphatic rings. The molecule has 3 N–H and O–H groups in total. The molecule has 0 aromatic carbocycles. The molecule has 1 atom stereocenters. The van der Waals surface area contributed by atoms with Gasteiger partial charge in [0.25, 0.3) is 0 Å². The van der Waals surface area contributed by atoms with E-state index in [-0.39, 0.29) is 6.10 Å². The predicted octanol–water partition coefficient (Wildman–Crippen LogP) is -0.0175. The second kappa shape index (κ2) is 5.76. The van der Waals surface area contributed by atoms with Crippen LogP contribution in [-0.4, -0.2) is 53.8 Å². The van der Waals surface area contributed by atoms with E-state index in [1.165, 1.54) is 12.8 Å². The molecule has 3 rings (SSSR count).